The standard InChI is InChI=1S/C22H20F3N3O2/c23-22(24,25)21-27-26-20(30-21)18-7-4-12-28(14-18)19(29)13-15-8-10-17(11-9-15)16-5-2-1-3-6-16/h1-3,5-6,8-11,18H,4,7,12-14H2. The van der Waals surface area contributed by atoms with E-state index in [1.54, 1.807) is 4.90 Å². The molecule has 1 fully saturated rings. The lowest BCUT2D eigenvalue weighted by Crippen LogP contribution is -2.40. The van der Waals surface area contributed by atoms with Crippen molar-refractivity contribution in [3.05, 3.63) is 71.9 Å². The Balaban J connectivity index is 1.39. The zero-order valence-corrected chi connectivity index (χ0v) is 16.1. The fraction of sp³-hybridized carbons (Fsp3) is 0.318. The molecule has 3 aromatic rings. The number of amides is 1. The van der Waals surface area contributed by atoms with Crippen LogP contribution in [0.3, 0.4) is 0 Å². The maximum Gasteiger partial charge on any atom is 0.470 e. The Morgan fingerprint density at radius 3 is 2.40 bits per heavy atom. The summed E-state index contributed by atoms with van der Waals surface area (Å²) < 4.78 is 42.9. The number of carbonyl (C=O) groups excluding carboxylic acids is 1. The van der Waals surface area contributed by atoms with E-state index in [-0.39, 0.29) is 30.7 Å². The number of benzene rings is 2. The van der Waals surface area contributed by atoms with Crippen LogP contribution in [0.15, 0.2) is 59.0 Å². The Bertz CT molecular complexity index is 1000. The highest BCUT2D eigenvalue weighted by Gasteiger charge is 2.39. The zero-order valence-electron chi connectivity index (χ0n) is 16.1. The number of piperidine rings is 1. The van der Waals surface area contributed by atoms with Gasteiger partial charge in [-0.05, 0) is 29.5 Å². The summed E-state index contributed by atoms with van der Waals surface area (Å²) in [7, 11) is 0. The third-order valence-electron chi connectivity index (χ3n) is 5.22. The van der Waals surface area contributed by atoms with Crippen molar-refractivity contribution in [1.82, 2.24) is 15.1 Å². The van der Waals surface area contributed by atoms with Crippen LogP contribution in [0.4, 0.5) is 13.2 Å². The van der Waals surface area contributed by atoms with Gasteiger partial charge in [-0.1, -0.05) is 54.6 Å². The maximum absolute atomic E-state index is 12.7. The molecule has 1 unspecified atom stereocenters. The molecule has 156 valence electrons. The third-order valence-corrected chi connectivity index (χ3v) is 5.22. The summed E-state index contributed by atoms with van der Waals surface area (Å²) in [6.45, 7) is 0.845. The van der Waals surface area contributed by atoms with E-state index in [0.29, 0.717) is 19.4 Å². The molecule has 5 nitrogen and oxygen atoms in total. The predicted octanol–water partition coefficient (Wildman–Crippen LogP) is 4.70. The molecular formula is C22H20F3N3O2. The lowest BCUT2D eigenvalue weighted by atomic mass is 9.97. The molecule has 2 aromatic carbocycles. The fourth-order valence-electron chi connectivity index (χ4n) is 3.65. The monoisotopic (exact) mass is 415 g/mol. The van der Waals surface area contributed by atoms with Gasteiger partial charge >= 0.3 is 12.1 Å². The minimum atomic E-state index is -4.67. The Morgan fingerprint density at radius 2 is 1.73 bits per heavy atom. The summed E-state index contributed by atoms with van der Waals surface area (Å²) in [5.74, 6) is -1.86. The van der Waals surface area contributed by atoms with E-state index < -0.39 is 12.1 Å². The number of rotatable bonds is 4. The average Bonchev–Trinajstić information content (AvgIpc) is 3.26. The van der Waals surface area contributed by atoms with Gasteiger partial charge in [-0.2, -0.15) is 13.2 Å². The quantitative estimate of drug-likeness (QED) is 0.620. The number of alkyl halides is 3. The Morgan fingerprint density at radius 1 is 1.03 bits per heavy atom. The first-order chi connectivity index (χ1) is 14.4. The molecule has 8 heteroatoms. The molecule has 1 aliphatic heterocycles. The van der Waals surface area contributed by atoms with Gasteiger partial charge in [-0.25, -0.2) is 0 Å². The van der Waals surface area contributed by atoms with Crippen molar-refractivity contribution >= 4 is 5.91 Å². The first-order valence-electron chi connectivity index (χ1n) is 9.73. The normalized spacial score (nSPS) is 17.2. The van der Waals surface area contributed by atoms with Crippen molar-refractivity contribution in [2.75, 3.05) is 13.1 Å². The van der Waals surface area contributed by atoms with Crippen molar-refractivity contribution < 1.29 is 22.4 Å². The van der Waals surface area contributed by atoms with Crippen molar-refractivity contribution in [3.63, 3.8) is 0 Å². The first kappa shape index (κ1) is 20.1. The van der Waals surface area contributed by atoms with Crippen LogP contribution in [0.25, 0.3) is 11.1 Å². The van der Waals surface area contributed by atoms with E-state index in [9.17, 15) is 18.0 Å². The Hall–Kier alpha value is -3.16. The van der Waals surface area contributed by atoms with Gasteiger partial charge in [0.15, 0.2) is 0 Å². The lowest BCUT2D eigenvalue weighted by Gasteiger charge is -2.31. The van der Waals surface area contributed by atoms with Crippen LogP contribution in [0.5, 0.6) is 0 Å². The smallest absolute Gasteiger partial charge is 0.417 e. The molecule has 0 radical (unpaired) electrons. The lowest BCUT2D eigenvalue weighted by molar-refractivity contribution is -0.157. The van der Waals surface area contributed by atoms with E-state index >= 15 is 0 Å². The second kappa shape index (κ2) is 8.30. The first-order valence-corrected chi connectivity index (χ1v) is 9.73. The van der Waals surface area contributed by atoms with Crippen molar-refractivity contribution in [2.24, 2.45) is 0 Å². The molecule has 1 amide bonds. The minimum Gasteiger partial charge on any atom is -0.417 e. The molecule has 1 saturated heterocycles. The van der Waals surface area contributed by atoms with Crippen molar-refractivity contribution in [1.29, 1.82) is 0 Å². The summed E-state index contributed by atoms with van der Waals surface area (Å²) in [5, 5.41) is 6.64. The molecule has 1 aromatic heterocycles. The minimum absolute atomic E-state index is 0.0629. The molecular weight excluding hydrogens is 395 g/mol. The van der Waals surface area contributed by atoms with Crippen LogP contribution in [0, 0.1) is 0 Å². The highest BCUT2D eigenvalue weighted by atomic mass is 19.4. The fourth-order valence-corrected chi connectivity index (χ4v) is 3.65. The summed E-state index contributed by atoms with van der Waals surface area (Å²) in [4.78, 5) is 14.4. The second-order valence-electron chi connectivity index (χ2n) is 7.36. The topological polar surface area (TPSA) is 59.2 Å². The van der Waals surface area contributed by atoms with Gasteiger partial charge in [-0.15, -0.1) is 10.2 Å². The average molecular weight is 415 g/mol. The van der Waals surface area contributed by atoms with E-state index in [0.717, 1.165) is 16.7 Å². The largest absolute Gasteiger partial charge is 0.470 e. The number of likely N-dealkylation sites (tertiary alicyclic amines) is 1. The summed E-state index contributed by atoms with van der Waals surface area (Å²) in [6, 6.07) is 17.8. The van der Waals surface area contributed by atoms with Crippen LogP contribution >= 0.6 is 0 Å². The number of aromatic nitrogens is 2. The van der Waals surface area contributed by atoms with Crippen molar-refractivity contribution in [3.8, 4) is 11.1 Å². The van der Waals surface area contributed by atoms with Gasteiger partial charge in [0, 0.05) is 13.1 Å². The van der Waals surface area contributed by atoms with E-state index in [1.807, 2.05) is 54.6 Å². The van der Waals surface area contributed by atoms with Crippen LogP contribution in [-0.4, -0.2) is 34.1 Å². The molecule has 2 heterocycles. The molecule has 30 heavy (non-hydrogen) atoms. The molecule has 1 atom stereocenters. The van der Waals surface area contributed by atoms with E-state index in [2.05, 4.69) is 10.2 Å². The summed E-state index contributed by atoms with van der Waals surface area (Å²) >= 11 is 0. The Labute approximate surface area is 171 Å². The summed E-state index contributed by atoms with van der Waals surface area (Å²) in [6.07, 6.45) is -3.15. The van der Waals surface area contributed by atoms with E-state index in [1.165, 1.54) is 0 Å². The summed E-state index contributed by atoms with van der Waals surface area (Å²) in [5.41, 5.74) is 3.06. The maximum atomic E-state index is 12.7. The molecule has 0 saturated carbocycles. The number of nitrogens with zero attached hydrogens (tertiary/aromatic N) is 3. The zero-order chi connectivity index (χ0) is 21.1. The molecule has 4 rings (SSSR count). The van der Waals surface area contributed by atoms with Crippen molar-refractivity contribution in [2.45, 2.75) is 31.4 Å². The Kier molecular flexibility index (Phi) is 5.57. The van der Waals surface area contributed by atoms with Crippen LogP contribution in [-0.2, 0) is 17.4 Å². The molecule has 0 aliphatic carbocycles. The van der Waals surface area contributed by atoms with Gasteiger partial charge in [0.05, 0.1) is 12.3 Å². The number of hydrogen-bond acceptors (Lipinski definition) is 4. The number of hydrogen-bond donors (Lipinski definition) is 0. The molecule has 1 aliphatic rings. The van der Waals surface area contributed by atoms with Gasteiger partial charge in [0.2, 0.25) is 11.8 Å². The molecule has 0 spiro atoms. The third kappa shape index (κ3) is 4.53. The second-order valence-corrected chi connectivity index (χ2v) is 7.36. The molecule has 0 N–H and O–H groups in total. The highest BCUT2D eigenvalue weighted by molar-refractivity contribution is 5.79. The van der Waals surface area contributed by atoms with Gasteiger partial charge in [0.25, 0.3) is 0 Å². The number of carbonyl (C=O) groups is 1. The van der Waals surface area contributed by atoms with Crippen LogP contribution in [0.2, 0.25) is 0 Å². The van der Waals surface area contributed by atoms with Gasteiger partial charge in [-0.3, -0.25) is 4.79 Å². The predicted molar refractivity (Wildman–Crippen MR) is 103 cm³/mol. The van der Waals surface area contributed by atoms with Crippen LogP contribution < -0.4 is 0 Å². The molecule has 0 bridgehead atoms. The van der Waals surface area contributed by atoms with Crippen LogP contribution in [0.1, 0.15) is 36.1 Å². The van der Waals surface area contributed by atoms with E-state index in [4.69, 9.17) is 4.42 Å². The number of halogens is 3. The van der Waals surface area contributed by atoms with Gasteiger partial charge < -0.3 is 9.32 Å². The highest BCUT2D eigenvalue weighted by Crippen LogP contribution is 2.32. The SMILES string of the molecule is O=C(Cc1ccc(-c2ccccc2)cc1)N1CCCC(c2nnc(C(F)(F)F)o2)C1. The van der Waals surface area contributed by atoms with Gasteiger partial charge in [0.1, 0.15) is 0 Å².